The number of aromatic nitrogens is 2. The average Bonchev–Trinajstić information content (AvgIpc) is 2.80. The standard InChI is InChI=1S/C15H11BrN2O/c1-9-5-10(7-11(16)6-9)14(19)13-8-18-15-12(13)3-2-4-17-15/h2-8H,1H3,(H,17,18). The monoisotopic (exact) mass is 314 g/mol. The summed E-state index contributed by atoms with van der Waals surface area (Å²) in [6, 6.07) is 9.44. The van der Waals surface area contributed by atoms with Crippen LogP contribution in [0.5, 0.6) is 0 Å². The van der Waals surface area contributed by atoms with E-state index in [-0.39, 0.29) is 5.78 Å². The molecule has 0 aliphatic heterocycles. The Morgan fingerprint density at radius 1 is 1.32 bits per heavy atom. The van der Waals surface area contributed by atoms with Gasteiger partial charge in [-0.05, 0) is 42.8 Å². The highest BCUT2D eigenvalue weighted by Crippen LogP contribution is 2.22. The average molecular weight is 315 g/mol. The van der Waals surface area contributed by atoms with Gasteiger partial charge in [0.15, 0.2) is 5.78 Å². The van der Waals surface area contributed by atoms with E-state index in [0.29, 0.717) is 11.1 Å². The van der Waals surface area contributed by atoms with E-state index in [2.05, 4.69) is 25.9 Å². The molecule has 3 rings (SSSR count). The van der Waals surface area contributed by atoms with Crippen molar-refractivity contribution in [2.24, 2.45) is 0 Å². The maximum Gasteiger partial charge on any atom is 0.195 e. The molecule has 94 valence electrons. The fourth-order valence-corrected chi connectivity index (χ4v) is 2.77. The van der Waals surface area contributed by atoms with E-state index >= 15 is 0 Å². The second-order valence-corrected chi connectivity index (χ2v) is 5.36. The third-order valence-corrected chi connectivity index (χ3v) is 3.46. The molecule has 1 N–H and O–H groups in total. The largest absolute Gasteiger partial charge is 0.345 e. The van der Waals surface area contributed by atoms with Gasteiger partial charge in [-0.2, -0.15) is 0 Å². The molecule has 0 saturated carbocycles. The number of benzene rings is 1. The lowest BCUT2D eigenvalue weighted by Crippen LogP contribution is -2.01. The van der Waals surface area contributed by atoms with Crippen molar-refractivity contribution >= 4 is 32.7 Å². The smallest absolute Gasteiger partial charge is 0.195 e. The van der Waals surface area contributed by atoms with Gasteiger partial charge in [-0.3, -0.25) is 4.79 Å². The van der Waals surface area contributed by atoms with Crippen LogP contribution in [0.1, 0.15) is 21.5 Å². The molecule has 0 bridgehead atoms. The zero-order valence-electron chi connectivity index (χ0n) is 10.3. The lowest BCUT2D eigenvalue weighted by molar-refractivity contribution is 0.104. The highest BCUT2D eigenvalue weighted by Gasteiger charge is 2.15. The van der Waals surface area contributed by atoms with E-state index in [0.717, 1.165) is 21.1 Å². The summed E-state index contributed by atoms with van der Waals surface area (Å²) in [5.41, 5.74) is 3.12. The van der Waals surface area contributed by atoms with Crippen LogP contribution in [0.2, 0.25) is 0 Å². The summed E-state index contributed by atoms with van der Waals surface area (Å²) in [5, 5.41) is 0.852. The fourth-order valence-electron chi connectivity index (χ4n) is 2.17. The van der Waals surface area contributed by atoms with E-state index in [4.69, 9.17) is 0 Å². The Morgan fingerprint density at radius 2 is 2.16 bits per heavy atom. The van der Waals surface area contributed by atoms with Gasteiger partial charge in [0, 0.05) is 33.4 Å². The van der Waals surface area contributed by atoms with Crippen molar-refractivity contribution in [3.63, 3.8) is 0 Å². The van der Waals surface area contributed by atoms with E-state index in [1.165, 1.54) is 0 Å². The number of aromatic amines is 1. The Kier molecular flexibility index (Phi) is 2.95. The Morgan fingerprint density at radius 3 is 2.95 bits per heavy atom. The first kappa shape index (κ1) is 12.1. The third kappa shape index (κ3) is 2.19. The molecule has 2 aromatic heterocycles. The Bertz CT molecular complexity index is 756. The Labute approximate surface area is 118 Å². The molecule has 1 aromatic carbocycles. The normalized spacial score (nSPS) is 10.8. The molecule has 0 amide bonds. The summed E-state index contributed by atoms with van der Waals surface area (Å²) < 4.78 is 0.911. The molecular formula is C15H11BrN2O. The van der Waals surface area contributed by atoms with Gasteiger partial charge in [0.25, 0.3) is 0 Å². The number of nitrogens with zero attached hydrogens (tertiary/aromatic N) is 1. The van der Waals surface area contributed by atoms with Gasteiger partial charge >= 0.3 is 0 Å². The van der Waals surface area contributed by atoms with Crippen LogP contribution in [0, 0.1) is 6.92 Å². The second kappa shape index (κ2) is 4.63. The predicted octanol–water partition coefficient (Wildman–Crippen LogP) is 3.86. The minimum atomic E-state index is 0.00338. The minimum Gasteiger partial charge on any atom is -0.345 e. The van der Waals surface area contributed by atoms with Crippen LogP contribution >= 0.6 is 15.9 Å². The van der Waals surface area contributed by atoms with Gasteiger partial charge < -0.3 is 4.98 Å². The topological polar surface area (TPSA) is 45.8 Å². The van der Waals surface area contributed by atoms with Gasteiger partial charge in [0.2, 0.25) is 0 Å². The zero-order valence-corrected chi connectivity index (χ0v) is 11.9. The van der Waals surface area contributed by atoms with Crippen molar-refractivity contribution in [3.05, 3.63) is 63.9 Å². The highest BCUT2D eigenvalue weighted by molar-refractivity contribution is 9.10. The molecule has 19 heavy (non-hydrogen) atoms. The van der Waals surface area contributed by atoms with Gasteiger partial charge in [0.05, 0.1) is 0 Å². The first-order chi connectivity index (χ1) is 9.15. The van der Waals surface area contributed by atoms with Crippen molar-refractivity contribution in [2.75, 3.05) is 0 Å². The van der Waals surface area contributed by atoms with Crippen molar-refractivity contribution in [1.29, 1.82) is 0 Å². The molecular weight excluding hydrogens is 304 g/mol. The van der Waals surface area contributed by atoms with Gasteiger partial charge in [-0.25, -0.2) is 4.98 Å². The first-order valence-corrected chi connectivity index (χ1v) is 6.68. The van der Waals surface area contributed by atoms with E-state index in [1.54, 1.807) is 12.4 Å². The molecule has 3 aromatic rings. The molecule has 0 spiro atoms. The number of nitrogens with one attached hydrogen (secondary N) is 1. The summed E-state index contributed by atoms with van der Waals surface area (Å²) in [6.45, 7) is 1.97. The quantitative estimate of drug-likeness (QED) is 0.730. The van der Waals surface area contributed by atoms with Gasteiger partial charge in [0.1, 0.15) is 5.65 Å². The van der Waals surface area contributed by atoms with Gasteiger partial charge in [-0.15, -0.1) is 0 Å². The summed E-state index contributed by atoms with van der Waals surface area (Å²) in [5.74, 6) is 0.00338. The summed E-state index contributed by atoms with van der Waals surface area (Å²) in [7, 11) is 0. The van der Waals surface area contributed by atoms with Crippen LogP contribution in [-0.2, 0) is 0 Å². The molecule has 3 nitrogen and oxygen atoms in total. The molecule has 0 fully saturated rings. The molecule has 0 aliphatic rings. The van der Waals surface area contributed by atoms with E-state index < -0.39 is 0 Å². The minimum absolute atomic E-state index is 0.00338. The molecule has 0 aliphatic carbocycles. The molecule has 0 unspecified atom stereocenters. The van der Waals surface area contributed by atoms with Gasteiger partial charge in [-0.1, -0.05) is 15.9 Å². The molecule has 0 atom stereocenters. The second-order valence-electron chi connectivity index (χ2n) is 4.45. The molecule has 0 radical (unpaired) electrons. The summed E-state index contributed by atoms with van der Waals surface area (Å²) in [6.07, 6.45) is 3.42. The Hall–Kier alpha value is -1.94. The third-order valence-electron chi connectivity index (χ3n) is 3.00. The number of carbonyl (C=O) groups is 1. The number of pyridine rings is 1. The van der Waals surface area contributed by atoms with Crippen LogP contribution in [0.15, 0.2) is 47.2 Å². The van der Waals surface area contributed by atoms with E-state index in [1.807, 2.05) is 37.3 Å². The van der Waals surface area contributed by atoms with Crippen molar-refractivity contribution < 1.29 is 4.79 Å². The van der Waals surface area contributed by atoms with Crippen LogP contribution in [0.25, 0.3) is 11.0 Å². The summed E-state index contributed by atoms with van der Waals surface area (Å²) in [4.78, 5) is 19.8. The van der Waals surface area contributed by atoms with E-state index in [9.17, 15) is 4.79 Å². The molecule has 2 heterocycles. The van der Waals surface area contributed by atoms with Crippen LogP contribution < -0.4 is 0 Å². The Balaban J connectivity index is 2.13. The lowest BCUT2D eigenvalue weighted by Gasteiger charge is -2.02. The van der Waals surface area contributed by atoms with Crippen LogP contribution in [-0.4, -0.2) is 15.8 Å². The number of H-pyrrole nitrogens is 1. The van der Waals surface area contributed by atoms with Crippen molar-refractivity contribution in [3.8, 4) is 0 Å². The zero-order chi connectivity index (χ0) is 13.4. The number of hydrogen-bond acceptors (Lipinski definition) is 2. The maximum atomic E-state index is 12.6. The fraction of sp³-hybridized carbons (Fsp3) is 0.0667. The number of aryl methyl sites for hydroxylation is 1. The number of fused-ring (bicyclic) bond motifs is 1. The van der Waals surface area contributed by atoms with Crippen molar-refractivity contribution in [1.82, 2.24) is 9.97 Å². The lowest BCUT2D eigenvalue weighted by atomic mass is 10.0. The SMILES string of the molecule is Cc1cc(Br)cc(C(=O)c2c[nH]c3ncccc23)c1. The number of halogens is 1. The van der Waals surface area contributed by atoms with Crippen molar-refractivity contribution in [2.45, 2.75) is 6.92 Å². The number of rotatable bonds is 2. The predicted molar refractivity (Wildman–Crippen MR) is 78.4 cm³/mol. The first-order valence-electron chi connectivity index (χ1n) is 5.89. The number of hydrogen-bond donors (Lipinski definition) is 1. The molecule has 4 heteroatoms. The summed E-state index contributed by atoms with van der Waals surface area (Å²) >= 11 is 3.42. The van der Waals surface area contributed by atoms with Crippen LogP contribution in [0.4, 0.5) is 0 Å². The number of ketones is 1. The number of carbonyl (C=O) groups excluding carboxylic acids is 1. The maximum absolute atomic E-state index is 12.6. The molecule has 0 saturated heterocycles. The van der Waals surface area contributed by atoms with Crippen LogP contribution in [0.3, 0.4) is 0 Å². The highest BCUT2D eigenvalue weighted by atomic mass is 79.9.